The summed E-state index contributed by atoms with van der Waals surface area (Å²) in [5.74, 6) is -0.845. The van der Waals surface area contributed by atoms with Crippen LogP contribution in [0.25, 0.3) is 10.9 Å². The topological polar surface area (TPSA) is 56.1 Å². The second-order valence-electron chi connectivity index (χ2n) is 4.87. The molecule has 0 bridgehead atoms. The van der Waals surface area contributed by atoms with Gasteiger partial charge in [-0.1, -0.05) is 18.2 Å². The van der Waals surface area contributed by atoms with Gasteiger partial charge < -0.3 is 0 Å². The van der Waals surface area contributed by atoms with E-state index >= 15 is 0 Å². The van der Waals surface area contributed by atoms with Crippen molar-refractivity contribution in [2.45, 2.75) is 11.8 Å². The molecule has 22 heavy (non-hydrogen) atoms. The van der Waals surface area contributed by atoms with Crippen LogP contribution in [0.1, 0.15) is 17.3 Å². The summed E-state index contributed by atoms with van der Waals surface area (Å²) in [5.41, 5.74) is 0.449. The summed E-state index contributed by atoms with van der Waals surface area (Å²) in [6.07, 6.45) is 1.24. The molecule has 0 aliphatic rings. The Morgan fingerprint density at radius 3 is 2.41 bits per heavy atom. The normalized spacial score (nSPS) is 11.7. The van der Waals surface area contributed by atoms with E-state index in [1.165, 1.54) is 43.5 Å². The van der Waals surface area contributed by atoms with Gasteiger partial charge in [-0.2, -0.15) is 0 Å². The number of ketones is 1. The Hall–Kier alpha value is -2.47. The number of rotatable bonds is 3. The van der Waals surface area contributed by atoms with Gasteiger partial charge in [-0.25, -0.2) is 16.8 Å². The summed E-state index contributed by atoms with van der Waals surface area (Å²) < 4.78 is 39.9. The van der Waals surface area contributed by atoms with E-state index < -0.39 is 15.8 Å². The Bertz CT molecular complexity index is 975. The van der Waals surface area contributed by atoms with Crippen molar-refractivity contribution >= 4 is 26.7 Å². The van der Waals surface area contributed by atoms with Crippen LogP contribution in [-0.4, -0.2) is 18.2 Å². The van der Waals surface area contributed by atoms with Crippen LogP contribution in [0.3, 0.4) is 0 Å². The average molecular weight is 317 g/mol. The number of halogens is 1. The number of benzene rings is 2. The van der Waals surface area contributed by atoms with Crippen molar-refractivity contribution in [3.63, 3.8) is 0 Å². The highest BCUT2D eigenvalue weighted by Crippen LogP contribution is 2.27. The zero-order valence-corrected chi connectivity index (χ0v) is 12.5. The molecular formula is C16H12FNO3S. The molecule has 112 valence electrons. The van der Waals surface area contributed by atoms with Crippen LogP contribution in [0.4, 0.5) is 4.39 Å². The molecule has 0 unspecified atom stereocenters. The number of hydrogen-bond donors (Lipinski definition) is 0. The van der Waals surface area contributed by atoms with Crippen LogP contribution in [0, 0.1) is 5.82 Å². The molecule has 3 aromatic rings. The Labute approximate surface area is 126 Å². The first kappa shape index (κ1) is 14.5. The number of hydrogen-bond acceptors (Lipinski definition) is 3. The summed E-state index contributed by atoms with van der Waals surface area (Å²) >= 11 is 0. The number of aromatic nitrogens is 1. The SMILES string of the molecule is CC(=O)c1cn(S(=O)(=O)c2ccccc2)c2ccc(F)cc12. The smallest absolute Gasteiger partial charge is 0.268 e. The van der Waals surface area contributed by atoms with Gasteiger partial charge in [0.05, 0.1) is 10.4 Å². The van der Waals surface area contributed by atoms with Gasteiger partial charge in [0.25, 0.3) is 10.0 Å². The monoisotopic (exact) mass is 317 g/mol. The van der Waals surface area contributed by atoms with Gasteiger partial charge in [0.2, 0.25) is 0 Å². The standard InChI is InChI=1S/C16H12FNO3S/c1-11(19)15-10-18(16-8-7-12(17)9-14(15)16)22(20,21)13-5-3-2-4-6-13/h2-10H,1H3. The molecule has 0 saturated heterocycles. The second-order valence-corrected chi connectivity index (χ2v) is 6.69. The largest absolute Gasteiger partial charge is 0.294 e. The van der Waals surface area contributed by atoms with Gasteiger partial charge in [-0.3, -0.25) is 4.79 Å². The predicted molar refractivity (Wildman–Crippen MR) is 80.9 cm³/mol. The molecule has 0 saturated carbocycles. The van der Waals surface area contributed by atoms with Crippen molar-refractivity contribution < 1.29 is 17.6 Å². The molecule has 0 spiro atoms. The van der Waals surface area contributed by atoms with E-state index in [1.54, 1.807) is 18.2 Å². The Kier molecular flexibility index (Phi) is 3.33. The lowest BCUT2D eigenvalue weighted by Gasteiger charge is -2.07. The summed E-state index contributed by atoms with van der Waals surface area (Å²) in [7, 11) is -3.85. The molecular weight excluding hydrogens is 305 g/mol. The molecule has 0 radical (unpaired) electrons. The van der Waals surface area contributed by atoms with E-state index in [0.717, 1.165) is 3.97 Å². The van der Waals surface area contributed by atoms with Crippen LogP contribution in [-0.2, 0) is 10.0 Å². The molecule has 0 fully saturated rings. The van der Waals surface area contributed by atoms with Crippen molar-refractivity contribution in [2.24, 2.45) is 0 Å². The van der Waals surface area contributed by atoms with E-state index in [4.69, 9.17) is 0 Å². The molecule has 0 N–H and O–H groups in total. The number of carbonyl (C=O) groups is 1. The van der Waals surface area contributed by atoms with Crippen molar-refractivity contribution in [3.05, 3.63) is 66.1 Å². The summed E-state index contributed by atoms with van der Waals surface area (Å²) in [6, 6.07) is 11.6. The molecule has 0 amide bonds. The van der Waals surface area contributed by atoms with Crippen LogP contribution >= 0.6 is 0 Å². The minimum atomic E-state index is -3.85. The molecule has 1 heterocycles. The van der Waals surface area contributed by atoms with Crippen molar-refractivity contribution in [1.82, 2.24) is 3.97 Å². The number of Topliss-reactive ketones (excluding diaryl/α,β-unsaturated/α-hetero) is 1. The number of nitrogens with zero attached hydrogens (tertiary/aromatic N) is 1. The van der Waals surface area contributed by atoms with Gasteiger partial charge >= 0.3 is 0 Å². The Balaban J connectivity index is 2.35. The molecule has 4 nitrogen and oxygen atoms in total. The highest BCUT2D eigenvalue weighted by molar-refractivity contribution is 7.90. The first-order valence-corrected chi connectivity index (χ1v) is 7.97. The van der Waals surface area contributed by atoms with E-state index in [2.05, 4.69) is 0 Å². The fourth-order valence-corrected chi connectivity index (χ4v) is 3.75. The van der Waals surface area contributed by atoms with Gasteiger partial charge in [-0.05, 0) is 37.3 Å². The molecule has 0 aliphatic carbocycles. The third-order valence-corrected chi connectivity index (χ3v) is 5.10. The minimum absolute atomic E-state index is 0.103. The quantitative estimate of drug-likeness (QED) is 0.697. The highest BCUT2D eigenvalue weighted by Gasteiger charge is 2.22. The lowest BCUT2D eigenvalue weighted by molar-refractivity contribution is 0.101. The fourth-order valence-electron chi connectivity index (χ4n) is 2.36. The van der Waals surface area contributed by atoms with Gasteiger partial charge in [0.15, 0.2) is 5.78 Å². The molecule has 3 rings (SSSR count). The van der Waals surface area contributed by atoms with Crippen molar-refractivity contribution in [2.75, 3.05) is 0 Å². The zero-order valence-electron chi connectivity index (χ0n) is 11.7. The van der Waals surface area contributed by atoms with Crippen molar-refractivity contribution in [1.29, 1.82) is 0 Å². The third-order valence-electron chi connectivity index (χ3n) is 3.41. The maximum Gasteiger partial charge on any atom is 0.268 e. The average Bonchev–Trinajstić information content (AvgIpc) is 2.87. The van der Waals surface area contributed by atoms with E-state index in [0.29, 0.717) is 0 Å². The minimum Gasteiger partial charge on any atom is -0.294 e. The van der Waals surface area contributed by atoms with E-state index in [1.807, 2.05) is 0 Å². The van der Waals surface area contributed by atoms with Gasteiger partial charge in [-0.15, -0.1) is 0 Å². The number of fused-ring (bicyclic) bond motifs is 1. The lowest BCUT2D eigenvalue weighted by Crippen LogP contribution is -2.11. The van der Waals surface area contributed by atoms with Gasteiger partial charge in [0.1, 0.15) is 5.82 Å². The second kappa shape index (κ2) is 5.06. The maximum absolute atomic E-state index is 13.4. The lowest BCUT2D eigenvalue weighted by atomic mass is 10.1. The van der Waals surface area contributed by atoms with Crippen LogP contribution < -0.4 is 0 Å². The molecule has 6 heteroatoms. The first-order chi connectivity index (χ1) is 10.4. The predicted octanol–water partition coefficient (Wildman–Crippen LogP) is 3.22. The molecule has 0 atom stereocenters. The van der Waals surface area contributed by atoms with Gasteiger partial charge in [0, 0.05) is 17.1 Å². The molecule has 1 aromatic heterocycles. The summed E-state index contributed by atoms with van der Waals surface area (Å²) in [5, 5.41) is 0.284. The summed E-state index contributed by atoms with van der Waals surface area (Å²) in [4.78, 5) is 11.8. The third kappa shape index (κ3) is 2.21. The van der Waals surface area contributed by atoms with Crippen molar-refractivity contribution in [3.8, 4) is 0 Å². The summed E-state index contributed by atoms with van der Waals surface area (Å²) in [6.45, 7) is 1.32. The fraction of sp³-hybridized carbons (Fsp3) is 0.0625. The maximum atomic E-state index is 13.4. The van der Waals surface area contributed by atoms with Crippen LogP contribution in [0.5, 0.6) is 0 Å². The van der Waals surface area contributed by atoms with Crippen LogP contribution in [0.2, 0.25) is 0 Å². The Morgan fingerprint density at radius 2 is 1.77 bits per heavy atom. The van der Waals surface area contributed by atoms with E-state index in [9.17, 15) is 17.6 Å². The zero-order chi connectivity index (χ0) is 15.9. The molecule has 0 aliphatic heterocycles. The molecule has 2 aromatic carbocycles. The first-order valence-electron chi connectivity index (χ1n) is 6.53. The Morgan fingerprint density at radius 1 is 1.09 bits per heavy atom. The number of carbonyl (C=O) groups excluding carboxylic acids is 1. The van der Waals surface area contributed by atoms with Crippen LogP contribution in [0.15, 0.2) is 59.6 Å². The van der Waals surface area contributed by atoms with E-state index in [-0.39, 0.29) is 27.1 Å². The highest BCUT2D eigenvalue weighted by atomic mass is 32.2.